The Morgan fingerprint density at radius 2 is 1.92 bits per heavy atom. The number of ether oxygens (including phenoxy) is 1. The summed E-state index contributed by atoms with van der Waals surface area (Å²) in [5.74, 6) is -0.00555. The molecule has 12 heteroatoms. The van der Waals surface area contributed by atoms with Crippen LogP contribution in [0.4, 0.5) is 10.2 Å². The molecule has 8 nitrogen and oxygen atoms in total. The molecule has 2 aliphatic heterocycles. The molecule has 2 fully saturated rings. The van der Waals surface area contributed by atoms with Crippen molar-refractivity contribution < 1.29 is 19.0 Å². The molecule has 3 aliphatic rings. The molecule has 5 rings (SSSR count). The van der Waals surface area contributed by atoms with E-state index in [-0.39, 0.29) is 47.7 Å². The Labute approximate surface area is 240 Å². The van der Waals surface area contributed by atoms with Crippen molar-refractivity contribution in [3.8, 4) is 0 Å². The number of halogens is 4. The van der Waals surface area contributed by atoms with Crippen LogP contribution in [0.15, 0.2) is 24.5 Å². The minimum absolute atomic E-state index is 0. The van der Waals surface area contributed by atoms with Crippen LogP contribution in [0.1, 0.15) is 60.9 Å². The van der Waals surface area contributed by atoms with Gasteiger partial charge in [-0.2, -0.15) is 0 Å². The van der Waals surface area contributed by atoms with Gasteiger partial charge in [-0.05, 0) is 42.9 Å². The molecule has 38 heavy (non-hydrogen) atoms. The lowest BCUT2D eigenvalue weighted by Gasteiger charge is -2.38. The predicted molar refractivity (Wildman–Crippen MR) is 149 cm³/mol. The highest BCUT2D eigenvalue weighted by Crippen LogP contribution is 2.42. The second kappa shape index (κ2) is 13.5. The molecule has 1 amide bonds. The smallest absolute Gasteiger partial charge is 0.231 e. The number of piperazine rings is 1. The molecule has 1 aromatic carbocycles. The number of aliphatic hydroxyl groups excluding tert-OH is 1. The van der Waals surface area contributed by atoms with E-state index in [1.54, 1.807) is 6.07 Å². The van der Waals surface area contributed by atoms with Gasteiger partial charge < -0.3 is 25.0 Å². The van der Waals surface area contributed by atoms with Gasteiger partial charge in [0.25, 0.3) is 0 Å². The number of carbonyl (C=O) groups excluding carboxylic acids is 1. The summed E-state index contributed by atoms with van der Waals surface area (Å²) in [4.78, 5) is 26.6. The fourth-order valence-electron chi connectivity index (χ4n) is 5.58. The number of nitrogens with one attached hydrogen (secondary N) is 1. The molecule has 1 aliphatic carbocycles. The van der Waals surface area contributed by atoms with Gasteiger partial charge in [-0.25, -0.2) is 14.4 Å². The lowest BCUT2D eigenvalue weighted by atomic mass is 9.95. The third kappa shape index (κ3) is 6.51. The summed E-state index contributed by atoms with van der Waals surface area (Å²) in [6, 6.07) is 4.92. The number of aliphatic hydroxyl groups is 1. The Bertz CT molecular complexity index is 1100. The van der Waals surface area contributed by atoms with Crippen LogP contribution in [0.2, 0.25) is 5.02 Å². The molecule has 0 spiro atoms. The quantitative estimate of drug-likeness (QED) is 0.528. The summed E-state index contributed by atoms with van der Waals surface area (Å²) >= 11 is 5.91. The highest BCUT2D eigenvalue weighted by atomic mass is 35.5. The standard InChI is InChI=1S/C26H33ClFN5O3.2ClH/c1-16-12-22(34)24-23(16)25(31-15-30-24)32-6-8-33(9-7-32)26(35)19(14-29-18-4-10-36-11-5-18)17-2-3-20(27)21(28)13-17;;/h2-3,13,15-16,18-19,22,29,34H,4-12,14H2,1H3;2*1H/t16-,19?,22+;;/m1../s1. The Morgan fingerprint density at radius 3 is 2.61 bits per heavy atom. The zero-order chi connectivity index (χ0) is 25.2. The molecule has 1 unspecified atom stereocenters. The summed E-state index contributed by atoms with van der Waals surface area (Å²) in [5, 5.41) is 13.9. The first-order chi connectivity index (χ1) is 17.4. The monoisotopic (exact) mass is 589 g/mol. The predicted octanol–water partition coefficient (Wildman–Crippen LogP) is 3.85. The molecule has 0 saturated carbocycles. The topological polar surface area (TPSA) is 90.8 Å². The Kier molecular flexibility index (Phi) is 11.0. The van der Waals surface area contributed by atoms with Gasteiger partial charge >= 0.3 is 0 Å². The van der Waals surface area contributed by atoms with Crippen LogP contribution in [-0.2, 0) is 9.53 Å². The maximum Gasteiger partial charge on any atom is 0.231 e. The molecule has 0 radical (unpaired) electrons. The van der Waals surface area contributed by atoms with E-state index >= 15 is 0 Å². The average molecular weight is 591 g/mol. The fraction of sp³-hybridized carbons (Fsp3) is 0.577. The summed E-state index contributed by atoms with van der Waals surface area (Å²) in [7, 11) is 0. The highest BCUT2D eigenvalue weighted by molar-refractivity contribution is 6.30. The first-order valence-corrected chi connectivity index (χ1v) is 13.1. The molecule has 3 heterocycles. The van der Waals surface area contributed by atoms with E-state index in [0.29, 0.717) is 57.9 Å². The molecular weight excluding hydrogens is 556 g/mol. The first-order valence-electron chi connectivity index (χ1n) is 12.7. The number of aromatic nitrogens is 2. The van der Waals surface area contributed by atoms with Crippen LogP contribution in [0.25, 0.3) is 0 Å². The van der Waals surface area contributed by atoms with Gasteiger partial charge in [-0.3, -0.25) is 4.79 Å². The van der Waals surface area contributed by atoms with Crippen molar-refractivity contribution in [3.63, 3.8) is 0 Å². The third-order valence-electron chi connectivity index (χ3n) is 7.65. The van der Waals surface area contributed by atoms with Gasteiger partial charge in [0.15, 0.2) is 0 Å². The van der Waals surface area contributed by atoms with Crippen molar-refractivity contribution in [1.82, 2.24) is 20.2 Å². The van der Waals surface area contributed by atoms with Crippen LogP contribution in [-0.4, -0.2) is 77.9 Å². The Hall–Kier alpha value is -1.75. The first kappa shape index (κ1) is 30.8. The third-order valence-corrected chi connectivity index (χ3v) is 7.95. The van der Waals surface area contributed by atoms with E-state index in [0.717, 1.165) is 29.9 Å². The molecule has 2 saturated heterocycles. The van der Waals surface area contributed by atoms with Crippen molar-refractivity contribution in [1.29, 1.82) is 0 Å². The van der Waals surface area contributed by atoms with Crippen molar-refractivity contribution in [2.45, 2.75) is 50.2 Å². The SMILES string of the molecule is C[C@@H]1C[C@H](O)c2ncnc(N3CCN(C(=O)C(CNC4CCOCC4)c4ccc(Cl)c(F)c4)CC3)c21.Cl.Cl. The largest absolute Gasteiger partial charge is 0.387 e. The Morgan fingerprint density at radius 1 is 1.21 bits per heavy atom. The number of nitrogens with zero attached hydrogens (tertiary/aromatic N) is 4. The van der Waals surface area contributed by atoms with E-state index in [4.69, 9.17) is 16.3 Å². The van der Waals surface area contributed by atoms with Gasteiger partial charge in [0, 0.05) is 57.5 Å². The van der Waals surface area contributed by atoms with E-state index in [1.165, 1.54) is 18.5 Å². The van der Waals surface area contributed by atoms with Crippen LogP contribution in [0.3, 0.4) is 0 Å². The lowest BCUT2D eigenvalue weighted by Crippen LogP contribution is -2.52. The molecule has 2 aromatic rings. The van der Waals surface area contributed by atoms with Crippen LogP contribution >= 0.6 is 36.4 Å². The van der Waals surface area contributed by atoms with E-state index in [2.05, 4.69) is 27.1 Å². The Balaban J connectivity index is 0.00000200. The van der Waals surface area contributed by atoms with Gasteiger partial charge in [-0.1, -0.05) is 24.6 Å². The summed E-state index contributed by atoms with van der Waals surface area (Å²) in [5.41, 5.74) is 2.36. The zero-order valence-corrected chi connectivity index (χ0v) is 23.7. The number of rotatable bonds is 6. The minimum Gasteiger partial charge on any atom is -0.387 e. The second-order valence-electron chi connectivity index (χ2n) is 9.98. The normalized spacial score (nSPS) is 22.3. The van der Waals surface area contributed by atoms with Crippen LogP contribution in [0.5, 0.6) is 0 Å². The summed E-state index contributed by atoms with van der Waals surface area (Å²) < 4.78 is 19.8. The highest BCUT2D eigenvalue weighted by Gasteiger charge is 2.35. The molecule has 1 aromatic heterocycles. The number of carbonyl (C=O) groups is 1. The maximum atomic E-state index is 14.3. The number of amides is 1. The minimum atomic E-state index is -0.552. The number of hydrogen-bond acceptors (Lipinski definition) is 7. The van der Waals surface area contributed by atoms with Gasteiger partial charge in [-0.15, -0.1) is 24.8 Å². The second-order valence-corrected chi connectivity index (χ2v) is 10.4. The summed E-state index contributed by atoms with van der Waals surface area (Å²) in [6.45, 7) is 6.27. The molecule has 210 valence electrons. The maximum absolute atomic E-state index is 14.3. The van der Waals surface area contributed by atoms with Crippen molar-refractivity contribution in [2.75, 3.05) is 50.8 Å². The molecule has 0 bridgehead atoms. The fourth-order valence-corrected chi connectivity index (χ4v) is 5.69. The summed E-state index contributed by atoms with van der Waals surface area (Å²) in [6.07, 6.45) is 3.40. The number of fused-ring (bicyclic) bond motifs is 1. The molecule has 3 atom stereocenters. The van der Waals surface area contributed by atoms with E-state index in [9.17, 15) is 14.3 Å². The van der Waals surface area contributed by atoms with Crippen molar-refractivity contribution >= 4 is 48.1 Å². The molecule has 2 N–H and O–H groups in total. The van der Waals surface area contributed by atoms with Crippen LogP contribution in [0, 0.1) is 5.82 Å². The molecular formula is C26H35Cl3FN5O3. The lowest BCUT2D eigenvalue weighted by molar-refractivity contribution is -0.133. The van der Waals surface area contributed by atoms with Crippen molar-refractivity contribution in [2.24, 2.45) is 0 Å². The zero-order valence-electron chi connectivity index (χ0n) is 21.3. The number of anilines is 1. The number of benzene rings is 1. The van der Waals surface area contributed by atoms with Gasteiger partial charge in [0.2, 0.25) is 5.91 Å². The van der Waals surface area contributed by atoms with Gasteiger partial charge in [0.05, 0.1) is 22.7 Å². The van der Waals surface area contributed by atoms with E-state index in [1.807, 2.05) is 4.90 Å². The van der Waals surface area contributed by atoms with Crippen molar-refractivity contribution in [3.05, 3.63) is 52.2 Å². The average Bonchev–Trinajstić information content (AvgIpc) is 3.20. The van der Waals surface area contributed by atoms with E-state index < -0.39 is 17.8 Å². The van der Waals surface area contributed by atoms with Gasteiger partial charge in [0.1, 0.15) is 18.0 Å². The van der Waals surface area contributed by atoms with Crippen LogP contribution < -0.4 is 10.2 Å². The number of hydrogen-bond donors (Lipinski definition) is 2.